The third kappa shape index (κ3) is 2.77. The Balaban J connectivity index is 2.10. The highest BCUT2D eigenvalue weighted by atomic mass is 16.1. The summed E-state index contributed by atoms with van der Waals surface area (Å²) in [6.45, 7) is 4.04. The Kier molecular flexibility index (Phi) is 3.77. The van der Waals surface area contributed by atoms with Crippen molar-refractivity contribution in [1.29, 1.82) is 0 Å². The van der Waals surface area contributed by atoms with Gasteiger partial charge < -0.3 is 5.32 Å². The van der Waals surface area contributed by atoms with E-state index in [1.165, 1.54) is 0 Å². The first-order chi connectivity index (χ1) is 8.70. The monoisotopic (exact) mass is 243 g/mol. The summed E-state index contributed by atoms with van der Waals surface area (Å²) in [4.78, 5) is 11.9. The van der Waals surface area contributed by atoms with Crippen LogP contribution in [0.5, 0.6) is 0 Å². The molecular formula is C14H17N3O. The molecule has 2 rings (SSSR count). The zero-order chi connectivity index (χ0) is 13.0. The smallest absolute Gasteiger partial charge is 0.251 e. The van der Waals surface area contributed by atoms with Crippen LogP contribution in [0.2, 0.25) is 0 Å². The second-order valence-electron chi connectivity index (χ2n) is 4.28. The maximum Gasteiger partial charge on any atom is 0.251 e. The van der Waals surface area contributed by atoms with Gasteiger partial charge in [-0.1, -0.05) is 6.92 Å². The van der Waals surface area contributed by atoms with Crippen molar-refractivity contribution in [3.63, 3.8) is 0 Å². The number of benzene rings is 1. The van der Waals surface area contributed by atoms with E-state index in [4.69, 9.17) is 0 Å². The largest absolute Gasteiger partial charge is 0.350 e. The number of hydrogen-bond donors (Lipinski definition) is 1. The molecule has 0 radical (unpaired) electrons. The maximum absolute atomic E-state index is 11.9. The van der Waals surface area contributed by atoms with Crippen molar-refractivity contribution in [2.75, 3.05) is 0 Å². The molecule has 0 aliphatic heterocycles. The molecule has 2 aromatic rings. The molecule has 0 saturated carbocycles. The van der Waals surface area contributed by atoms with Crippen LogP contribution in [0.1, 0.15) is 30.6 Å². The lowest BCUT2D eigenvalue weighted by atomic mass is 10.1. The Labute approximate surface area is 107 Å². The second kappa shape index (κ2) is 5.49. The normalized spacial score (nSPS) is 12.1. The fourth-order valence-corrected chi connectivity index (χ4v) is 1.60. The van der Waals surface area contributed by atoms with Crippen LogP contribution >= 0.6 is 0 Å². The van der Waals surface area contributed by atoms with Gasteiger partial charge in [-0.05, 0) is 43.7 Å². The zero-order valence-electron chi connectivity index (χ0n) is 10.6. The van der Waals surface area contributed by atoms with E-state index in [9.17, 15) is 4.79 Å². The number of rotatable bonds is 4. The topological polar surface area (TPSA) is 46.9 Å². The van der Waals surface area contributed by atoms with Crippen LogP contribution in [0.3, 0.4) is 0 Å². The minimum atomic E-state index is -0.0311. The zero-order valence-corrected chi connectivity index (χ0v) is 10.6. The van der Waals surface area contributed by atoms with E-state index in [1.807, 2.05) is 50.4 Å². The van der Waals surface area contributed by atoms with Crippen molar-refractivity contribution >= 4 is 5.91 Å². The molecule has 0 aliphatic rings. The van der Waals surface area contributed by atoms with E-state index in [2.05, 4.69) is 10.4 Å². The second-order valence-corrected chi connectivity index (χ2v) is 4.28. The molecule has 4 nitrogen and oxygen atoms in total. The van der Waals surface area contributed by atoms with E-state index in [0.29, 0.717) is 5.56 Å². The van der Waals surface area contributed by atoms with Gasteiger partial charge >= 0.3 is 0 Å². The lowest BCUT2D eigenvalue weighted by Gasteiger charge is -2.11. The molecular weight excluding hydrogens is 226 g/mol. The quantitative estimate of drug-likeness (QED) is 0.896. The molecule has 1 amide bonds. The highest BCUT2D eigenvalue weighted by Gasteiger charge is 2.08. The van der Waals surface area contributed by atoms with Crippen molar-refractivity contribution in [2.45, 2.75) is 26.3 Å². The summed E-state index contributed by atoms with van der Waals surface area (Å²) in [7, 11) is 0. The minimum absolute atomic E-state index is 0.0311. The Bertz CT molecular complexity index is 502. The van der Waals surface area contributed by atoms with Gasteiger partial charge in [0, 0.05) is 24.0 Å². The molecule has 0 fully saturated rings. The first-order valence-corrected chi connectivity index (χ1v) is 6.11. The Morgan fingerprint density at radius 2 is 2.11 bits per heavy atom. The van der Waals surface area contributed by atoms with E-state index < -0.39 is 0 Å². The van der Waals surface area contributed by atoms with Crippen LogP contribution in [-0.4, -0.2) is 21.7 Å². The fourth-order valence-electron chi connectivity index (χ4n) is 1.60. The maximum atomic E-state index is 11.9. The predicted molar refractivity (Wildman–Crippen MR) is 70.8 cm³/mol. The van der Waals surface area contributed by atoms with Crippen LogP contribution in [0, 0.1) is 0 Å². The van der Waals surface area contributed by atoms with Gasteiger partial charge in [0.25, 0.3) is 5.91 Å². The number of nitrogens with zero attached hydrogens (tertiary/aromatic N) is 2. The number of amides is 1. The van der Waals surface area contributed by atoms with Crippen molar-refractivity contribution in [2.24, 2.45) is 0 Å². The molecule has 0 aliphatic carbocycles. The molecule has 4 heteroatoms. The number of hydrogen-bond acceptors (Lipinski definition) is 2. The molecule has 0 saturated heterocycles. The van der Waals surface area contributed by atoms with Gasteiger partial charge in [-0.2, -0.15) is 5.10 Å². The van der Waals surface area contributed by atoms with Gasteiger partial charge in [0.2, 0.25) is 0 Å². The third-order valence-corrected chi connectivity index (χ3v) is 2.89. The molecule has 1 N–H and O–H groups in total. The van der Waals surface area contributed by atoms with E-state index in [0.717, 1.165) is 12.1 Å². The number of carbonyl (C=O) groups is 1. The van der Waals surface area contributed by atoms with Crippen LogP contribution in [0.4, 0.5) is 0 Å². The van der Waals surface area contributed by atoms with Crippen molar-refractivity contribution < 1.29 is 4.79 Å². The van der Waals surface area contributed by atoms with Crippen molar-refractivity contribution in [3.8, 4) is 5.69 Å². The molecule has 0 unspecified atom stereocenters. The van der Waals surface area contributed by atoms with E-state index in [-0.39, 0.29) is 11.9 Å². The summed E-state index contributed by atoms with van der Waals surface area (Å²) < 4.78 is 1.76. The lowest BCUT2D eigenvalue weighted by Crippen LogP contribution is -2.31. The minimum Gasteiger partial charge on any atom is -0.350 e. The Morgan fingerprint density at radius 3 is 2.67 bits per heavy atom. The Morgan fingerprint density at radius 1 is 1.39 bits per heavy atom. The lowest BCUT2D eigenvalue weighted by molar-refractivity contribution is 0.0939. The van der Waals surface area contributed by atoms with E-state index in [1.54, 1.807) is 10.9 Å². The third-order valence-electron chi connectivity index (χ3n) is 2.89. The average molecular weight is 243 g/mol. The summed E-state index contributed by atoms with van der Waals surface area (Å²) in [5.41, 5.74) is 1.62. The van der Waals surface area contributed by atoms with Crippen LogP contribution in [0.15, 0.2) is 42.7 Å². The van der Waals surface area contributed by atoms with Crippen molar-refractivity contribution in [1.82, 2.24) is 15.1 Å². The molecule has 0 bridgehead atoms. The average Bonchev–Trinajstić information content (AvgIpc) is 2.92. The number of carbonyl (C=O) groups excluding carboxylic acids is 1. The summed E-state index contributed by atoms with van der Waals surface area (Å²) in [6, 6.07) is 9.47. The molecule has 1 aromatic carbocycles. The molecule has 0 spiro atoms. The van der Waals surface area contributed by atoms with Gasteiger partial charge in [-0.25, -0.2) is 4.68 Å². The standard InChI is InChI=1S/C14H17N3O/c1-3-11(2)16-14(18)12-5-7-13(8-6-12)17-10-4-9-15-17/h4-11H,3H2,1-2H3,(H,16,18)/t11-/m1/s1. The Hall–Kier alpha value is -2.10. The molecule has 1 heterocycles. The molecule has 1 atom stereocenters. The fraction of sp³-hybridized carbons (Fsp3) is 0.286. The molecule has 1 aromatic heterocycles. The van der Waals surface area contributed by atoms with Crippen molar-refractivity contribution in [3.05, 3.63) is 48.3 Å². The van der Waals surface area contributed by atoms with Gasteiger partial charge in [0.1, 0.15) is 0 Å². The molecule has 18 heavy (non-hydrogen) atoms. The summed E-state index contributed by atoms with van der Waals surface area (Å²) in [6.07, 6.45) is 4.52. The van der Waals surface area contributed by atoms with Gasteiger partial charge in [0.15, 0.2) is 0 Å². The number of aromatic nitrogens is 2. The first kappa shape index (κ1) is 12.4. The van der Waals surface area contributed by atoms with Crippen LogP contribution in [-0.2, 0) is 0 Å². The SMILES string of the molecule is CC[C@@H](C)NC(=O)c1ccc(-n2cccn2)cc1. The first-order valence-electron chi connectivity index (χ1n) is 6.11. The van der Waals surface area contributed by atoms with Gasteiger partial charge in [-0.15, -0.1) is 0 Å². The van der Waals surface area contributed by atoms with Crippen LogP contribution in [0.25, 0.3) is 5.69 Å². The van der Waals surface area contributed by atoms with Gasteiger partial charge in [0.05, 0.1) is 5.69 Å². The van der Waals surface area contributed by atoms with Crippen LogP contribution < -0.4 is 5.32 Å². The molecule has 94 valence electrons. The van der Waals surface area contributed by atoms with E-state index >= 15 is 0 Å². The predicted octanol–water partition coefficient (Wildman–Crippen LogP) is 2.40. The summed E-state index contributed by atoms with van der Waals surface area (Å²) >= 11 is 0. The highest BCUT2D eigenvalue weighted by molar-refractivity contribution is 5.94. The highest BCUT2D eigenvalue weighted by Crippen LogP contribution is 2.08. The van der Waals surface area contributed by atoms with Gasteiger partial charge in [-0.3, -0.25) is 4.79 Å². The summed E-state index contributed by atoms with van der Waals surface area (Å²) in [5.74, 6) is -0.0311. The number of nitrogens with one attached hydrogen (secondary N) is 1. The summed E-state index contributed by atoms with van der Waals surface area (Å²) in [5, 5.41) is 7.08.